The van der Waals surface area contributed by atoms with E-state index in [1.54, 1.807) is 0 Å². The Labute approximate surface area is 80.4 Å². The maximum Gasteiger partial charge on any atom is 0.266 e. The number of aromatic nitrogens is 2. The first kappa shape index (κ1) is 10.4. The van der Waals surface area contributed by atoms with Crippen LogP contribution in [0.3, 0.4) is 0 Å². The minimum atomic E-state index is -0.863. The molecule has 0 spiro atoms. The van der Waals surface area contributed by atoms with Crippen LogP contribution in [0.25, 0.3) is 0 Å². The van der Waals surface area contributed by atoms with Crippen LogP contribution in [0.5, 0.6) is 0 Å². The van der Waals surface area contributed by atoms with Crippen LogP contribution in [0, 0.1) is 11.8 Å². The molecule has 0 bridgehead atoms. The average molecular weight is 194 g/mol. The van der Waals surface area contributed by atoms with Gasteiger partial charge in [0.2, 0.25) is 0 Å². The van der Waals surface area contributed by atoms with Gasteiger partial charge in [0.15, 0.2) is 0 Å². The molecule has 14 heavy (non-hydrogen) atoms. The highest BCUT2D eigenvalue weighted by Crippen LogP contribution is 1.88. The Balaban J connectivity index is 2.69. The number of nitrogens with one attached hydrogen (secondary N) is 1. The van der Waals surface area contributed by atoms with Crippen molar-refractivity contribution in [3.63, 3.8) is 0 Å². The Morgan fingerprint density at radius 3 is 3.07 bits per heavy atom. The van der Waals surface area contributed by atoms with Crippen molar-refractivity contribution in [1.29, 1.82) is 0 Å². The van der Waals surface area contributed by atoms with E-state index in [4.69, 9.17) is 10.2 Å². The minimum absolute atomic E-state index is 0.130. The van der Waals surface area contributed by atoms with Gasteiger partial charge in [-0.1, -0.05) is 11.8 Å². The van der Waals surface area contributed by atoms with Crippen molar-refractivity contribution in [3.8, 4) is 11.8 Å². The molecule has 5 heteroatoms. The minimum Gasteiger partial charge on any atom is -0.394 e. The van der Waals surface area contributed by atoms with Crippen LogP contribution in [-0.2, 0) is 0 Å². The van der Waals surface area contributed by atoms with E-state index in [1.807, 2.05) is 0 Å². The van der Waals surface area contributed by atoms with Gasteiger partial charge in [-0.15, -0.1) is 0 Å². The lowest BCUT2D eigenvalue weighted by Crippen LogP contribution is -2.11. The van der Waals surface area contributed by atoms with E-state index in [0.29, 0.717) is 0 Å². The molecule has 1 aromatic heterocycles. The molecule has 0 saturated heterocycles. The molecule has 1 rings (SSSR count). The lowest BCUT2D eigenvalue weighted by molar-refractivity contribution is 0.0992. The molecule has 3 N–H and O–H groups in total. The van der Waals surface area contributed by atoms with Gasteiger partial charge in [-0.2, -0.15) is 0 Å². The summed E-state index contributed by atoms with van der Waals surface area (Å²) in [6.45, 7) is -0.335. The van der Waals surface area contributed by atoms with Gasteiger partial charge in [0.05, 0.1) is 19.0 Å². The Morgan fingerprint density at radius 2 is 2.43 bits per heavy atom. The number of aromatic amines is 1. The molecule has 0 radical (unpaired) electrons. The van der Waals surface area contributed by atoms with Crippen LogP contribution in [0.1, 0.15) is 12.0 Å². The van der Waals surface area contributed by atoms with Crippen LogP contribution >= 0.6 is 0 Å². The van der Waals surface area contributed by atoms with Gasteiger partial charge in [-0.05, 0) is 0 Å². The van der Waals surface area contributed by atoms with Crippen LogP contribution in [-0.4, -0.2) is 32.9 Å². The third kappa shape index (κ3) is 3.01. The molecule has 0 aromatic carbocycles. The third-order valence-electron chi connectivity index (χ3n) is 1.49. The zero-order chi connectivity index (χ0) is 10.4. The van der Waals surface area contributed by atoms with E-state index < -0.39 is 6.10 Å². The highest BCUT2D eigenvalue weighted by Gasteiger charge is 1.97. The van der Waals surface area contributed by atoms with E-state index in [-0.39, 0.29) is 24.2 Å². The fourth-order valence-corrected chi connectivity index (χ4v) is 0.762. The first-order chi connectivity index (χ1) is 6.74. The van der Waals surface area contributed by atoms with Gasteiger partial charge in [0, 0.05) is 12.6 Å². The number of nitrogens with zero attached hydrogens (tertiary/aromatic N) is 1. The zero-order valence-corrected chi connectivity index (χ0v) is 7.40. The predicted octanol–water partition coefficient (Wildman–Crippen LogP) is -1.14. The normalized spacial score (nSPS) is 11.6. The van der Waals surface area contributed by atoms with E-state index >= 15 is 0 Å². The monoisotopic (exact) mass is 194 g/mol. The molecule has 0 aliphatic heterocycles. The van der Waals surface area contributed by atoms with Crippen molar-refractivity contribution in [3.05, 3.63) is 28.4 Å². The predicted molar refractivity (Wildman–Crippen MR) is 49.4 cm³/mol. The molecule has 74 valence electrons. The van der Waals surface area contributed by atoms with Crippen molar-refractivity contribution in [1.82, 2.24) is 9.97 Å². The summed E-state index contributed by atoms with van der Waals surface area (Å²) in [6.07, 6.45) is 1.89. The summed E-state index contributed by atoms with van der Waals surface area (Å²) < 4.78 is 0. The summed E-state index contributed by atoms with van der Waals surface area (Å²) in [5.41, 5.74) is -0.0661. The van der Waals surface area contributed by atoms with Crippen LogP contribution in [0.2, 0.25) is 0 Å². The third-order valence-corrected chi connectivity index (χ3v) is 1.49. The Kier molecular flexibility index (Phi) is 3.85. The van der Waals surface area contributed by atoms with Crippen LogP contribution < -0.4 is 5.56 Å². The van der Waals surface area contributed by atoms with Gasteiger partial charge in [-0.3, -0.25) is 4.79 Å². The first-order valence-corrected chi connectivity index (χ1v) is 4.04. The second-order valence-electron chi connectivity index (χ2n) is 2.64. The van der Waals surface area contributed by atoms with Crippen molar-refractivity contribution >= 4 is 0 Å². The second kappa shape index (κ2) is 5.17. The summed E-state index contributed by atoms with van der Waals surface area (Å²) in [7, 11) is 0. The van der Waals surface area contributed by atoms with Crippen LogP contribution in [0.4, 0.5) is 0 Å². The maximum absolute atomic E-state index is 11.1. The lowest BCUT2D eigenvalue weighted by Gasteiger charge is -1.98. The van der Waals surface area contributed by atoms with Crippen molar-refractivity contribution in [2.45, 2.75) is 12.5 Å². The van der Waals surface area contributed by atoms with Gasteiger partial charge in [-0.25, -0.2) is 4.98 Å². The highest BCUT2D eigenvalue weighted by atomic mass is 16.3. The number of H-pyrrole nitrogens is 1. The molecule has 1 aromatic rings. The van der Waals surface area contributed by atoms with Crippen LogP contribution in [0.15, 0.2) is 17.3 Å². The maximum atomic E-state index is 11.1. The van der Waals surface area contributed by atoms with Gasteiger partial charge < -0.3 is 15.2 Å². The largest absolute Gasteiger partial charge is 0.394 e. The standard InChI is InChI=1S/C9H10N2O3/c12-5-8(13)3-1-2-7-4-10-6-11-9(7)14/h4,6,8,12-13H,3,5H2,(H,10,11,14). The smallest absolute Gasteiger partial charge is 0.266 e. The number of hydrogen-bond donors (Lipinski definition) is 3. The number of aliphatic hydroxyl groups excluding tert-OH is 2. The van der Waals surface area contributed by atoms with Gasteiger partial charge in [0.1, 0.15) is 5.56 Å². The molecule has 1 atom stereocenters. The summed E-state index contributed by atoms with van der Waals surface area (Å²) in [6, 6.07) is 0. The first-order valence-electron chi connectivity index (χ1n) is 4.04. The van der Waals surface area contributed by atoms with E-state index in [9.17, 15) is 4.79 Å². The molecule has 1 heterocycles. The molecule has 0 saturated carbocycles. The molecule has 1 unspecified atom stereocenters. The van der Waals surface area contributed by atoms with Crippen molar-refractivity contribution in [2.75, 3.05) is 6.61 Å². The number of aliphatic hydroxyl groups is 2. The topological polar surface area (TPSA) is 86.2 Å². The van der Waals surface area contributed by atoms with Gasteiger partial charge >= 0.3 is 0 Å². The molecule has 5 nitrogen and oxygen atoms in total. The zero-order valence-electron chi connectivity index (χ0n) is 7.40. The SMILES string of the molecule is O=c1[nH]cncc1C#CCC(O)CO. The Hall–Kier alpha value is -1.64. The van der Waals surface area contributed by atoms with E-state index in [2.05, 4.69) is 21.8 Å². The molecular formula is C9H10N2O3. The highest BCUT2D eigenvalue weighted by molar-refractivity contribution is 5.29. The fourth-order valence-electron chi connectivity index (χ4n) is 0.762. The quantitative estimate of drug-likeness (QED) is 0.520. The van der Waals surface area contributed by atoms with Crippen molar-refractivity contribution < 1.29 is 10.2 Å². The summed E-state index contributed by atoms with van der Waals surface area (Å²) in [5.74, 6) is 5.12. The van der Waals surface area contributed by atoms with E-state index in [1.165, 1.54) is 12.5 Å². The molecule has 0 fully saturated rings. The number of rotatable bonds is 2. The summed E-state index contributed by atoms with van der Waals surface area (Å²) >= 11 is 0. The number of hydrogen-bond acceptors (Lipinski definition) is 4. The average Bonchev–Trinajstić information content (AvgIpc) is 2.20. The lowest BCUT2D eigenvalue weighted by atomic mass is 10.2. The second-order valence-corrected chi connectivity index (χ2v) is 2.64. The van der Waals surface area contributed by atoms with E-state index in [0.717, 1.165) is 0 Å². The fraction of sp³-hybridized carbons (Fsp3) is 0.333. The Morgan fingerprint density at radius 1 is 1.64 bits per heavy atom. The van der Waals surface area contributed by atoms with Crippen molar-refractivity contribution in [2.24, 2.45) is 0 Å². The summed E-state index contributed by atoms with van der Waals surface area (Å²) in [4.78, 5) is 17.1. The molecular weight excluding hydrogens is 184 g/mol. The Bertz CT molecular complexity index is 402. The molecule has 0 amide bonds. The summed E-state index contributed by atoms with van der Waals surface area (Å²) in [5, 5.41) is 17.4. The van der Waals surface area contributed by atoms with Gasteiger partial charge in [0.25, 0.3) is 5.56 Å². The molecule has 0 aliphatic carbocycles. The molecule has 0 aliphatic rings.